The highest BCUT2D eigenvalue weighted by molar-refractivity contribution is 6.35. The average molecular weight is 286 g/mol. The number of amides is 2. The van der Waals surface area contributed by atoms with E-state index in [0.717, 1.165) is 5.69 Å². The Morgan fingerprint density at radius 2 is 2.05 bits per heavy atom. The molecule has 2 rings (SSSR count). The summed E-state index contributed by atoms with van der Waals surface area (Å²) in [6.45, 7) is 1.95. The fraction of sp³-hybridized carbons (Fsp3) is 0.143. The van der Waals surface area contributed by atoms with E-state index in [9.17, 15) is 9.59 Å². The molecule has 0 fully saturated rings. The predicted molar refractivity (Wildman–Crippen MR) is 73.9 cm³/mol. The number of nitrogens with zero attached hydrogens (tertiary/aromatic N) is 3. The van der Waals surface area contributed by atoms with Crippen LogP contribution in [0.3, 0.4) is 0 Å². The number of carbonyl (C=O) groups excluding carboxylic acids is 2. The quantitative estimate of drug-likeness (QED) is 0.652. The third-order valence-corrected chi connectivity index (χ3v) is 2.46. The molecule has 0 saturated carbocycles. The lowest BCUT2D eigenvalue weighted by molar-refractivity contribution is -0.145. The summed E-state index contributed by atoms with van der Waals surface area (Å²) in [5.74, 6) is -1.86. The number of para-hydroxylation sites is 1. The van der Waals surface area contributed by atoms with E-state index in [0.29, 0.717) is 5.36 Å². The first-order chi connectivity index (χ1) is 10.2. The summed E-state index contributed by atoms with van der Waals surface area (Å²) in [6, 6.07) is 11.1. The van der Waals surface area contributed by atoms with Gasteiger partial charge in [-0.1, -0.05) is 18.2 Å². The van der Waals surface area contributed by atoms with E-state index in [1.807, 2.05) is 35.8 Å². The fourth-order valence-electron chi connectivity index (χ4n) is 1.50. The van der Waals surface area contributed by atoms with Gasteiger partial charge in [-0.2, -0.15) is 5.10 Å². The Kier molecular flexibility index (Phi) is 4.94. The van der Waals surface area contributed by atoms with Gasteiger partial charge in [0.1, 0.15) is 0 Å². The van der Waals surface area contributed by atoms with Crippen LogP contribution in [-0.2, 0) is 14.4 Å². The summed E-state index contributed by atoms with van der Waals surface area (Å²) < 4.78 is 1.63. The minimum absolute atomic E-state index is 0.267. The minimum atomic E-state index is -0.942. The summed E-state index contributed by atoms with van der Waals surface area (Å²) in [6.07, 6.45) is 3.06. The van der Waals surface area contributed by atoms with E-state index >= 15 is 0 Å². The smallest absolute Gasteiger partial charge is 0.274 e. The fourth-order valence-corrected chi connectivity index (χ4v) is 1.50. The second-order valence-corrected chi connectivity index (χ2v) is 3.95. The molecule has 0 radical (unpaired) electrons. The number of rotatable bonds is 3. The van der Waals surface area contributed by atoms with Gasteiger partial charge in [-0.25, -0.2) is 15.2 Å². The molecule has 0 aliphatic carbocycles. The van der Waals surface area contributed by atoms with Crippen LogP contribution in [0.2, 0.25) is 0 Å². The van der Waals surface area contributed by atoms with Crippen LogP contribution in [0.25, 0.3) is 5.69 Å². The van der Waals surface area contributed by atoms with Crippen LogP contribution in [0.15, 0.2) is 53.8 Å². The van der Waals surface area contributed by atoms with E-state index in [1.165, 1.54) is 6.20 Å². The number of benzene rings is 1. The van der Waals surface area contributed by atoms with E-state index in [4.69, 9.17) is 0 Å². The molecule has 21 heavy (non-hydrogen) atoms. The highest BCUT2D eigenvalue weighted by Crippen LogP contribution is 2.02. The van der Waals surface area contributed by atoms with E-state index in [-0.39, 0.29) is 6.61 Å². The lowest BCUT2D eigenvalue weighted by atomic mass is 10.3. The Morgan fingerprint density at radius 1 is 1.29 bits per heavy atom. The normalized spacial score (nSPS) is 11.2. The molecule has 7 nitrogen and oxygen atoms in total. The second-order valence-electron chi connectivity index (χ2n) is 3.95. The first-order valence-corrected chi connectivity index (χ1v) is 6.32. The van der Waals surface area contributed by atoms with E-state index in [1.54, 1.807) is 23.9 Å². The summed E-state index contributed by atoms with van der Waals surface area (Å²) in [4.78, 5) is 31.0. The molecule has 0 unspecified atom stereocenters. The predicted octanol–water partition coefficient (Wildman–Crippen LogP) is 0.367. The molecular formula is C14H14N4O3. The van der Waals surface area contributed by atoms with Crippen LogP contribution in [0.4, 0.5) is 0 Å². The number of carbonyl (C=O) groups is 2. The molecule has 2 amide bonds. The highest BCUT2D eigenvalue weighted by Gasteiger charge is 2.11. The third kappa shape index (κ3) is 4.08. The number of hydrogen-bond acceptors (Lipinski definition) is 4. The molecule has 7 heteroatoms. The van der Waals surface area contributed by atoms with Crippen molar-refractivity contribution in [2.75, 3.05) is 6.61 Å². The molecule has 1 aromatic heterocycles. The third-order valence-electron chi connectivity index (χ3n) is 2.46. The number of hydroxylamine groups is 1. The van der Waals surface area contributed by atoms with Crippen molar-refractivity contribution < 1.29 is 14.4 Å². The van der Waals surface area contributed by atoms with Crippen molar-refractivity contribution in [2.24, 2.45) is 4.99 Å². The van der Waals surface area contributed by atoms with Gasteiger partial charge < -0.3 is 0 Å². The van der Waals surface area contributed by atoms with E-state index < -0.39 is 11.8 Å². The molecule has 0 bridgehead atoms. The lowest BCUT2D eigenvalue weighted by Gasteiger charge is -2.03. The Balaban J connectivity index is 2.13. The standard InChI is InChI=1S/C14H14N4O3/c1-2-21-17-14(20)13(19)16-11-8-9-18(15-10-11)12-6-4-3-5-7-12/h3-10H,2H2,1H3,(H,17,20). The van der Waals surface area contributed by atoms with Crippen LogP contribution in [0, 0.1) is 0 Å². The number of hydrogen-bond donors (Lipinski definition) is 1. The number of aromatic nitrogens is 2. The maximum Gasteiger partial charge on any atom is 0.337 e. The first kappa shape index (κ1) is 14.6. The van der Waals surface area contributed by atoms with Gasteiger partial charge in [0, 0.05) is 6.20 Å². The molecule has 0 aliphatic rings. The molecule has 2 aromatic rings. The van der Waals surface area contributed by atoms with Gasteiger partial charge in [0.2, 0.25) is 0 Å². The monoisotopic (exact) mass is 286 g/mol. The van der Waals surface area contributed by atoms with Crippen LogP contribution in [0.1, 0.15) is 6.92 Å². The molecule has 1 heterocycles. The van der Waals surface area contributed by atoms with Gasteiger partial charge in [-0.15, -0.1) is 0 Å². The lowest BCUT2D eigenvalue weighted by Crippen LogP contribution is -2.31. The van der Waals surface area contributed by atoms with E-state index in [2.05, 4.69) is 14.9 Å². The maximum atomic E-state index is 11.5. The summed E-state index contributed by atoms with van der Waals surface area (Å²) in [5.41, 5.74) is 2.86. The van der Waals surface area contributed by atoms with Crippen LogP contribution >= 0.6 is 0 Å². The van der Waals surface area contributed by atoms with Crippen molar-refractivity contribution in [1.82, 2.24) is 15.3 Å². The largest absolute Gasteiger partial charge is 0.337 e. The molecule has 108 valence electrons. The summed E-state index contributed by atoms with van der Waals surface area (Å²) >= 11 is 0. The topological polar surface area (TPSA) is 85.6 Å². The van der Waals surface area contributed by atoms with Gasteiger partial charge in [0.25, 0.3) is 0 Å². The van der Waals surface area contributed by atoms with Gasteiger partial charge in [-0.3, -0.25) is 14.4 Å². The Morgan fingerprint density at radius 3 is 2.67 bits per heavy atom. The van der Waals surface area contributed by atoms with Crippen molar-refractivity contribution in [2.45, 2.75) is 6.92 Å². The average Bonchev–Trinajstić information content (AvgIpc) is 2.54. The SMILES string of the molecule is CCONC(=O)C(=O)N=c1ccn(-c2ccccc2)nc1. The molecule has 0 saturated heterocycles. The van der Waals surface area contributed by atoms with Gasteiger partial charge in [-0.05, 0) is 25.1 Å². The minimum Gasteiger partial charge on any atom is -0.274 e. The van der Waals surface area contributed by atoms with Crippen LogP contribution in [-0.4, -0.2) is 28.2 Å². The highest BCUT2D eigenvalue weighted by atomic mass is 16.6. The van der Waals surface area contributed by atoms with Crippen LogP contribution < -0.4 is 10.8 Å². The Bertz CT molecular complexity index is 674. The zero-order valence-corrected chi connectivity index (χ0v) is 11.4. The summed E-state index contributed by atoms with van der Waals surface area (Å²) in [5, 5.41) is 4.42. The molecule has 0 spiro atoms. The van der Waals surface area contributed by atoms with Crippen molar-refractivity contribution >= 4 is 11.8 Å². The van der Waals surface area contributed by atoms with Gasteiger partial charge in [0.05, 0.1) is 23.8 Å². The second kappa shape index (κ2) is 7.11. The molecule has 1 aromatic carbocycles. The maximum absolute atomic E-state index is 11.5. The molecular weight excluding hydrogens is 272 g/mol. The molecule has 0 atom stereocenters. The Hall–Kier alpha value is -2.80. The van der Waals surface area contributed by atoms with Gasteiger partial charge in [0.15, 0.2) is 0 Å². The van der Waals surface area contributed by atoms with Crippen LogP contribution in [0.5, 0.6) is 0 Å². The van der Waals surface area contributed by atoms with Gasteiger partial charge >= 0.3 is 11.8 Å². The van der Waals surface area contributed by atoms with Crippen molar-refractivity contribution in [3.8, 4) is 5.69 Å². The van der Waals surface area contributed by atoms with Crippen molar-refractivity contribution in [1.29, 1.82) is 0 Å². The zero-order valence-electron chi connectivity index (χ0n) is 11.4. The number of nitrogens with one attached hydrogen (secondary N) is 1. The molecule has 1 N–H and O–H groups in total. The summed E-state index contributed by atoms with van der Waals surface area (Å²) in [7, 11) is 0. The van der Waals surface area contributed by atoms with Crippen molar-refractivity contribution in [3.63, 3.8) is 0 Å². The zero-order chi connectivity index (χ0) is 15.1. The first-order valence-electron chi connectivity index (χ1n) is 6.32. The van der Waals surface area contributed by atoms with Crippen molar-refractivity contribution in [3.05, 3.63) is 54.1 Å². The Labute approximate surface area is 120 Å². The molecule has 0 aliphatic heterocycles.